The number of nitrogens with zero attached hydrogens (tertiary/aromatic N) is 2. The highest BCUT2D eigenvalue weighted by Gasteiger charge is 2.44. The highest BCUT2D eigenvalue weighted by atomic mass is 16.5. The summed E-state index contributed by atoms with van der Waals surface area (Å²) < 4.78 is 11.5. The minimum atomic E-state index is -0.475. The van der Waals surface area contributed by atoms with E-state index in [9.17, 15) is 9.59 Å². The van der Waals surface area contributed by atoms with Gasteiger partial charge in [-0.1, -0.05) is 11.2 Å². The van der Waals surface area contributed by atoms with E-state index in [0.29, 0.717) is 30.7 Å². The molecular weight excluding hydrogens is 382 g/mol. The van der Waals surface area contributed by atoms with E-state index in [1.165, 1.54) is 19.5 Å². The first-order chi connectivity index (χ1) is 14.7. The number of likely N-dealkylation sites (tertiary alicyclic amines) is 1. The normalized spacial score (nSPS) is 26.2. The zero-order valence-electron chi connectivity index (χ0n) is 16.6. The topological polar surface area (TPSA) is 84.7 Å². The van der Waals surface area contributed by atoms with Gasteiger partial charge in [-0.2, -0.15) is 0 Å². The van der Waals surface area contributed by atoms with Crippen LogP contribution < -0.4 is 10.1 Å². The monoisotopic (exact) mass is 405 g/mol. The van der Waals surface area contributed by atoms with E-state index in [1.807, 2.05) is 30.3 Å². The van der Waals surface area contributed by atoms with Gasteiger partial charge in [0.1, 0.15) is 18.1 Å². The fourth-order valence-corrected chi connectivity index (χ4v) is 5.02. The molecule has 0 radical (unpaired) electrons. The lowest BCUT2D eigenvalue weighted by Gasteiger charge is -2.19. The Morgan fingerprint density at radius 2 is 2.03 bits per heavy atom. The molecule has 2 aromatic carbocycles. The second-order valence-electron chi connectivity index (χ2n) is 8.76. The smallest absolute Gasteiger partial charge is 0.235 e. The molecule has 3 atom stereocenters. The molecular formula is C23H23N3O4. The molecule has 3 aromatic rings. The van der Waals surface area contributed by atoms with E-state index >= 15 is 0 Å². The van der Waals surface area contributed by atoms with E-state index in [1.54, 1.807) is 0 Å². The van der Waals surface area contributed by atoms with Crippen molar-refractivity contribution in [1.82, 2.24) is 15.4 Å². The maximum absolute atomic E-state index is 12.3. The molecule has 2 saturated heterocycles. The van der Waals surface area contributed by atoms with Crippen molar-refractivity contribution in [2.24, 2.45) is 11.8 Å². The Bertz CT molecular complexity index is 1160. The minimum Gasteiger partial charge on any atom is -0.492 e. The Labute approximate surface area is 173 Å². The SMILES string of the molecule is O=C1CC[C@H](c2noc3ccc4cc(OCCN5CC6CC6C5)ccc4c23)C(=O)N1. The summed E-state index contributed by atoms with van der Waals surface area (Å²) in [6.45, 7) is 4.10. The van der Waals surface area contributed by atoms with E-state index < -0.39 is 5.92 Å². The molecule has 154 valence electrons. The maximum Gasteiger partial charge on any atom is 0.235 e. The number of carbonyl (C=O) groups excluding carboxylic acids is 2. The summed E-state index contributed by atoms with van der Waals surface area (Å²) in [7, 11) is 0. The lowest BCUT2D eigenvalue weighted by molar-refractivity contribution is -0.134. The summed E-state index contributed by atoms with van der Waals surface area (Å²) in [5, 5.41) is 9.42. The number of ether oxygens (including phenoxy) is 1. The van der Waals surface area contributed by atoms with Crippen LogP contribution in [-0.4, -0.2) is 48.1 Å². The lowest BCUT2D eigenvalue weighted by Crippen LogP contribution is -2.39. The van der Waals surface area contributed by atoms with Crippen LogP contribution in [0.4, 0.5) is 0 Å². The van der Waals surface area contributed by atoms with Gasteiger partial charge in [0.05, 0.1) is 11.3 Å². The highest BCUT2D eigenvalue weighted by Crippen LogP contribution is 2.44. The van der Waals surface area contributed by atoms with Crippen molar-refractivity contribution in [2.45, 2.75) is 25.2 Å². The number of fused-ring (bicyclic) bond motifs is 4. The van der Waals surface area contributed by atoms with E-state index in [4.69, 9.17) is 9.26 Å². The summed E-state index contributed by atoms with van der Waals surface area (Å²) in [5.41, 5.74) is 1.24. The number of imide groups is 1. The van der Waals surface area contributed by atoms with Crippen LogP contribution in [0, 0.1) is 11.8 Å². The Kier molecular flexibility index (Phi) is 4.06. The van der Waals surface area contributed by atoms with Gasteiger partial charge in [-0.05, 0) is 59.7 Å². The highest BCUT2D eigenvalue weighted by molar-refractivity contribution is 6.10. The second-order valence-corrected chi connectivity index (χ2v) is 8.76. The molecule has 0 bridgehead atoms. The summed E-state index contributed by atoms with van der Waals surface area (Å²) in [4.78, 5) is 26.3. The summed E-state index contributed by atoms with van der Waals surface area (Å²) >= 11 is 0. The molecule has 2 amide bonds. The summed E-state index contributed by atoms with van der Waals surface area (Å²) in [5.74, 6) is 1.70. The van der Waals surface area contributed by atoms with Gasteiger partial charge in [-0.3, -0.25) is 19.8 Å². The third kappa shape index (κ3) is 3.04. The molecule has 3 fully saturated rings. The number of aromatic nitrogens is 1. The van der Waals surface area contributed by atoms with Gasteiger partial charge in [0.25, 0.3) is 0 Å². The molecule has 1 N–H and O–H groups in total. The van der Waals surface area contributed by atoms with Crippen molar-refractivity contribution < 1.29 is 18.8 Å². The lowest BCUT2D eigenvalue weighted by atomic mass is 9.91. The van der Waals surface area contributed by atoms with E-state index in [0.717, 1.165) is 40.3 Å². The largest absolute Gasteiger partial charge is 0.492 e. The van der Waals surface area contributed by atoms with Gasteiger partial charge in [-0.15, -0.1) is 0 Å². The summed E-state index contributed by atoms with van der Waals surface area (Å²) in [6.07, 6.45) is 2.17. The number of piperidine rings is 2. The molecule has 30 heavy (non-hydrogen) atoms. The molecule has 2 aliphatic heterocycles. The molecule has 0 spiro atoms. The number of rotatable bonds is 5. The van der Waals surface area contributed by atoms with Gasteiger partial charge >= 0.3 is 0 Å². The van der Waals surface area contributed by atoms with Crippen molar-refractivity contribution in [3.05, 3.63) is 36.0 Å². The van der Waals surface area contributed by atoms with Crippen molar-refractivity contribution in [3.63, 3.8) is 0 Å². The fraction of sp³-hybridized carbons (Fsp3) is 0.435. The third-order valence-corrected chi connectivity index (χ3v) is 6.75. The van der Waals surface area contributed by atoms with Crippen LogP contribution in [0.5, 0.6) is 5.75 Å². The zero-order valence-corrected chi connectivity index (χ0v) is 16.6. The standard InChI is InChI=1S/C23H23N3O4/c27-20-6-4-18(23(28)24-20)22-21-17-3-2-16(10-13(17)1-5-19(21)30-25-22)29-8-7-26-11-14-9-15(14)12-26/h1-3,5,10,14-15,18H,4,6-9,11-12H2,(H,24,27,28)/t14?,15?,18-/m1/s1. The number of hydrogen-bond acceptors (Lipinski definition) is 6. The Balaban J connectivity index is 1.25. The Morgan fingerprint density at radius 3 is 2.87 bits per heavy atom. The van der Waals surface area contributed by atoms with Crippen molar-refractivity contribution in [2.75, 3.05) is 26.2 Å². The quantitative estimate of drug-likeness (QED) is 0.657. The first kappa shape index (κ1) is 17.9. The van der Waals surface area contributed by atoms with Gasteiger partial charge in [0, 0.05) is 26.1 Å². The second kappa shape index (κ2) is 6.80. The number of benzene rings is 2. The zero-order chi connectivity index (χ0) is 20.2. The molecule has 7 nitrogen and oxygen atoms in total. The summed E-state index contributed by atoms with van der Waals surface area (Å²) in [6, 6.07) is 9.85. The molecule has 2 unspecified atom stereocenters. The molecule has 3 aliphatic rings. The first-order valence-corrected chi connectivity index (χ1v) is 10.7. The van der Waals surface area contributed by atoms with E-state index in [-0.39, 0.29) is 11.8 Å². The number of nitrogens with one attached hydrogen (secondary N) is 1. The van der Waals surface area contributed by atoms with Crippen LogP contribution in [0.1, 0.15) is 30.9 Å². The van der Waals surface area contributed by atoms with Crippen molar-refractivity contribution in [3.8, 4) is 5.75 Å². The number of amides is 2. The van der Waals surface area contributed by atoms with Crippen LogP contribution in [0.3, 0.4) is 0 Å². The fourth-order valence-electron chi connectivity index (χ4n) is 5.02. The predicted octanol–water partition coefficient (Wildman–Crippen LogP) is 2.83. The molecule has 7 heteroatoms. The molecule has 1 saturated carbocycles. The molecule has 1 aromatic heterocycles. The van der Waals surface area contributed by atoms with Crippen LogP contribution in [0.2, 0.25) is 0 Å². The Morgan fingerprint density at radius 1 is 1.17 bits per heavy atom. The minimum absolute atomic E-state index is 0.235. The molecule has 1 aliphatic carbocycles. The van der Waals surface area contributed by atoms with Crippen LogP contribution in [0.15, 0.2) is 34.9 Å². The Hall–Kier alpha value is -2.93. The van der Waals surface area contributed by atoms with Gasteiger partial charge in [-0.25, -0.2) is 0 Å². The van der Waals surface area contributed by atoms with Crippen LogP contribution in [0.25, 0.3) is 21.7 Å². The average molecular weight is 405 g/mol. The van der Waals surface area contributed by atoms with Gasteiger partial charge < -0.3 is 9.26 Å². The van der Waals surface area contributed by atoms with Crippen molar-refractivity contribution in [1.29, 1.82) is 0 Å². The number of hydrogen-bond donors (Lipinski definition) is 1. The number of carbonyl (C=O) groups is 2. The molecule has 6 rings (SSSR count). The first-order valence-electron chi connectivity index (χ1n) is 10.7. The van der Waals surface area contributed by atoms with Crippen LogP contribution in [-0.2, 0) is 9.59 Å². The van der Waals surface area contributed by atoms with Gasteiger partial charge in [0.15, 0.2) is 5.58 Å². The maximum atomic E-state index is 12.3. The van der Waals surface area contributed by atoms with Gasteiger partial charge in [0.2, 0.25) is 11.8 Å². The van der Waals surface area contributed by atoms with Crippen molar-refractivity contribution >= 4 is 33.6 Å². The molecule has 3 heterocycles. The predicted molar refractivity (Wildman–Crippen MR) is 110 cm³/mol. The van der Waals surface area contributed by atoms with E-state index in [2.05, 4.69) is 15.4 Å². The van der Waals surface area contributed by atoms with Crippen LogP contribution >= 0.6 is 0 Å². The average Bonchev–Trinajstić information content (AvgIpc) is 3.14. The third-order valence-electron chi connectivity index (χ3n) is 6.75.